The summed E-state index contributed by atoms with van der Waals surface area (Å²) < 4.78 is 1.77. The lowest BCUT2D eigenvalue weighted by Crippen LogP contribution is -2.32. The van der Waals surface area contributed by atoms with Crippen LogP contribution in [0.2, 0.25) is 0 Å². The van der Waals surface area contributed by atoms with Crippen LogP contribution in [0.3, 0.4) is 0 Å². The van der Waals surface area contributed by atoms with Gasteiger partial charge in [0.1, 0.15) is 5.82 Å². The second-order valence-corrected chi connectivity index (χ2v) is 6.10. The van der Waals surface area contributed by atoms with Crippen LogP contribution in [0.15, 0.2) is 48.7 Å². The molecule has 0 saturated carbocycles. The molecule has 7 heteroatoms. The van der Waals surface area contributed by atoms with Crippen LogP contribution >= 0.6 is 0 Å². The van der Waals surface area contributed by atoms with Crippen molar-refractivity contribution in [1.29, 1.82) is 0 Å². The molecule has 3 rings (SSSR count). The predicted molar refractivity (Wildman–Crippen MR) is 95.8 cm³/mol. The largest absolute Gasteiger partial charge is 0.481 e. The summed E-state index contributed by atoms with van der Waals surface area (Å²) in [5, 5.41) is 16.9. The van der Waals surface area contributed by atoms with Crippen LogP contribution in [0.4, 0.5) is 0 Å². The number of carbonyl (C=O) groups excluding carboxylic acids is 1. The maximum Gasteiger partial charge on any atom is 0.303 e. The lowest BCUT2D eigenvalue weighted by Gasteiger charge is -2.23. The average Bonchev–Trinajstić information content (AvgIpc) is 3.01. The highest BCUT2D eigenvalue weighted by Crippen LogP contribution is 2.13. The van der Waals surface area contributed by atoms with E-state index in [0.29, 0.717) is 36.5 Å². The molecule has 2 heterocycles. The Balaban J connectivity index is 1.84. The highest BCUT2D eigenvalue weighted by molar-refractivity contribution is 5.94. The molecule has 2 aromatic heterocycles. The number of fused-ring (bicyclic) bond motifs is 1. The molecule has 3 aromatic rings. The standard InChI is InChI=1S/C19H20N4O3/c1-14-20-21-17-10-9-16(13-23(14)17)19(26)22(11-5-8-18(24)25)12-15-6-3-2-4-7-15/h2-4,6-7,9-10,13H,5,8,11-12H2,1H3,(H,24,25). The van der Waals surface area contributed by atoms with E-state index >= 15 is 0 Å². The number of carboxylic acids is 1. The van der Waals surface area contributed by atoms with Crippen molar-refractivity contribution in [3.8, 4) is 0 Å². The van der Waals surface area contributed by atoms with Crippen molar-refractivity contribution in [2.75, 3.05) is 6.54 Å². The molecular weight excluding hydrogens is 332 g/mol. The van der Waals surface area contributed by atoms with Crippen molar-refractivity contribution < 1.29 is 14.7 Å². The third-order valence-corrected chi connectivity index (χ3v) is 4.14. The number of hydrogen-bond acceptors (Lipinski definition) is 4. The highest BCUT2D eigenvalue weighted by atomic mass is 16.4. The number of aliphatic carboxylic acids is 1. The molecule has 0 aliphatic heterocycles. The number of pyridine rings is 1. The van der Waals surface area contributed by atoms with Crippen molar-refractivity contribution in [3.05, 3.63) is 65.6 Å². The second-order valence-electron chi connectivity index (χ2n) is 6.10. The van der Waals surface area contributed by atoms with Gasteiger partial charge in [-0.25, -0.2) is 0 Å². The number of benzene rings is 1. The van der Waals surface area contributed by atoms with Crippen LogP contribution in [0.25, 0.3) is 5.65 Å². The van der Waals surface area contributed by atoms with Gasteiger partial charge in [-0.2, -0.15) is 0 Å². The minimum Gasteiger partial charge on any atom is -0.481 e. The first kappa shape index (κ1) is 17.6. The Morgan fingerprint density at radius 2 is 1.88 bits per heavy atom. The van der Waals surface area contributed by atoms with Gasteiger partial charge in [-0.1, -0.05) is 30.3 Å². The Morgan fingerprint density at radius 1 is 1.12 bits per heavy atom. The quantitative estimate of drug-likeness (QED) is 0.706. The lowest BCUT2D eigenvalue weighted by atomic mass is 10.1. The fourth-order valence-electron chi connectivity index (χ4n) is 2.79. The summed E-state index contributed by atoms with van der Waals surface area (Å²) in [6, 6.07) is 13.1. The minimum atomic E-state index is -0.862. The van der Waals surface area contributed by atoms with Crippen molar-refractivity contribution >= 4 is 17.5 Å². The van der Waals surface area contributed by atoms with Crippen molar-refractivity contribution in [3.63, 3.8) is 0 Å². The number of aromatic nitrogens is 3. The van der Waals surface area contributed by atoms with E-state index in [2.05, 4.69) is 10.2 Å². The molecule has 0 unspecified atom stereocenters. The van der Waals surface area contributed by atoms with E-state index < -0.39 is 5.97 Å². The minimum absolute atomic E-state index is 0.0299. The Bertz CT molecular complexity index is 921. The number of rotatable bonds is 7. The van der Waals surface area contributed by atoms with E-state index in [1.54, 1.807) is 27.6 Å². The van der Waals surface area contributed by atoms with E-state index in [1.807, 2.05) is 37.3 Å². The van der Waals surface area contributed by atoms with Gasteiger partial charge in [0.2, 0.25) is 0 Å². The average molecular weight is 352 g/mol. The summed E-state index contributed by atoms with van der Waals surface area (Å²) in [7, 11) is 0. The van der Waals surface area contributed by atoms with Gasteiger partial charge in [-0.15, -0.1) is 10.2 Å². The van der Waals surface area contributed by atoms with Gasteiger partial charge in [0.05, 0.1) is 5.56 Å². The molecule has 26 heavy (non-hydrogen) atoms. The zero-order chi connectivity index (χ0) is 18.5. The van der Waals surface area contributed by atoms with Crippen molar-refractivity contribution in [2.45, 2.75) is 26.3 Å². The first-order valence-electron chi connectivity index (χ1n) is 8.41. The predicted octanol–water partition coefficient (Wildman–Crippen LogP) is 2.54. The van der Waals surface area contributed by atoms with Crippen LogP contribution in [-0.2, 0) is 11.3 Å². The van der Waals surface area contributed by atoms with Crippen LogP contribution in [0, 0.1) is 6.92 Å². The number of nitrogens with zero attached hydrogens (tertiary/aromatic N) is 4. The molecule has 0 fully saturated rings. The molecule has 0 saturated heterocycles. The lowest BCUT2D eigenvalue weighted by molar-refractivity contribution is -0.137. The molecule has 1 amide bonds. The normalized spacial score (nSPS) is 10.8. The molecule has 0 atom stereocenters. The highest BCUT2D eigenvalue weighted by Gasteiger charge is 2.18. The van der Waals surface area contributed by atoms with Crippen LogP contribution < -0.4 is 0 Å². The van der Waals surface area contributed by atoms with E-state index in [1.165, 1.54) is 0 Å². The Hall–Kier alpha value is -3.22. The first-order valence-corrected chi connectivity index (χ1v) is 8.41. The van der Waals surface area contributed by atoms with E-state index in [4.69, 9.17) is 5.11 Å². The maximum absolute atomic E-state index is 13.0. The Morgan fingerprint density at radius 3 is 2.62 bits per heavy atom. The van der Waals surface area contributed by atoms with Gasteiger partial charge < -0.3 is 10.0 Å². The number of aryl methyl sites for hydroxylation is 1. The molecule has 0 radical (unpaired) electrons. The molecule has 1 N–H and O–H groups in total. The summed E-state index contributed by atoms with van der Waals surface area (Å²) in [5.41, 5.74) is 2.20. The van der Waals surface area contributed by atoms with E-state index in [-0.39, 0.29) is 12.3 Å². The maximum atomic E-state index is 13.0. The fraction of sp³-hybridized carbons (Fsp3) is 0.263. The summed E-state index contributed by atoms with van der Waals surface area (Å²) in [4.78, 5) is 25.5. The zero-order valence-corrected chi connectivity index (χ0v) is 14.5. The van der Waals surface area contributed by atoms with Gasteiger partial charge >= 0.3 is 5.97 Å². The number of carbonyl (C=O) groups is 2. The fourth-order valence-corrected chi connectivity index (χ4v) is 2.79. The first-order chi connectivity index (χ1) is 12.5. The summed E-state index contributed by atoms with van der Waals surface area (Å²) in [6.07, 6.45) is 2.16. The SMILES string of the molecule is Cc1nnc2ccc(C(=O)N(CCCC(=O)O)Cc3ccccc3)cn12. The van der Waals surface area contributed by atoms with Crippen molar-refractivity contribution in [1.82, 2.24) is 19.5 Å². The van der Waals surface area contributed by atoms with Gasteiger partial charge in [0.15, 0.2) is 5.65 Å². The number of hydrogen-bond donors (Lipinski definition) is 1. The van der Waals surface area contributed by atoms with Gasteiger partial charge in [0.25, 0.3) is 5.91 Å². The monoisotopic (exact) mass is 352 g/mol. The zero-order valence-electron chi connectivity index (χ0n) is 14.5. The Labute approximate surface area is 150 Å². The molecule has 0 aliphatic carbocycles. The topological polar surface area (TPSA) is 87.8 Å². The molecule has 1 aromatic carbocycles. The van der Waals surface area contributed by atoms with Crippen molar-refractivity contribution in [2.24, 2.45) is 0 Å². The number of amides is 1. The summed E-state index contributed by atoms with van der Waals surface area (Å²) >= 11 is 0. The third kappa shape index (κ3) is 4.05. The van der Waals surface area contributed by atoms with Gasteiger partial charge in [-0.3, -0.25) is 14.0 Å². The van der Waals surface area contributed by atoms with Gasteiger partial charge in [-0.05, 0) is 31.0 Å². The molecule has 7 nitrogen and oxygen atoms in total. The van der Waals surface area contributed by atoms with Crippen LogP contribution in [0.5, 0.6) is 0 Å². The molecule has 0 bridgehead atoms. The summed E-state index contributed by atoms with van der Waals surface area (Å²) in [5.74, 6) is -0.303. The molecular formula is C19H20N4O3. The number of carboxylic acid groups (broad SMARTS) is 1. The summed E-state index contributed by atoms with van der Waals surface area (Å²) in [6.45, 7) is 2.63. The van der Waals surface area contributed by atoms with E-state index in [0.717, 1.165) is 5.56 Å². The molecule has 0 aliphatic rings. The third-order valence-electron chi connectivity index (χ3n) is 4.14. The molecule has 134 valence electrons. The van der Waals surface area contributed by atoms with Gasteiger partial charge in [0, 0.05) is 25.7 Å². The smallest absolute Gasteiger partial charge is 0.303 e. The van der Waals surface area contributed by atoms with E-state index in [9.17, 15) is 9.59 Å². The Kier molecular flexibility index (Phi) is 5.26. The van der Waals surface area contributed by atoms with Crippen LogP contribution in [0.1, 0.15) is 34.6 Å². The molecule has 0 spiro atoms. The second kappa shape index (κ2) is 7.77. The van der Waals surface area contributed by atoms with Crippen LogP contribution in [-0.4, -0.2) is 43.0 Å².